The van der Waals surface area contributed by atoms with Crippen LogP contribution in [0.25, 0.3) is 11.1 Å². The summed E-state index contributed by atoms with van der Waals surface area (Å²) in [5.41, 5.74) is 4.94. The lowest BCUT2D eigenvalue weighted by Gasteiger charge is -2.09. The fourth-order valence-corrected chi connectivity index (χ4v) is 2.92. The molecule has 22 heavy (non-hydrogen) atoms. The van der Waals surface area contributed by atoms with Gasteiger partial charge in [-0.05, 0) is 41.1 Å². The van der Waals surface area contributed by atoms with Crippen molar-refractivity contribution in [1.29, 1.82) is 0 Å². The van der Waals surface area contributed by atoms with Crippen molar-refractivity contribution in [3.8, 4) is 11.1 Å². The summed E-state index contributed by atoms with van der Waals surface area (Å²) >= 11 is 0. The number of benzene rings is 2. The van der Waals surface area contributed by atoms with E-state index >= 15 is 0 Å². The molecule has 0 aliphatic rings. The van der Waals surface area contributed by atoms with Gasteiger partial charge in [-0.3, -0.25) is 4.79 Å². The van der Waals surface area contributed by atoms with Crippen molar-refractivity contribution in [2.45, 2.75) is 26.6 Å². The number of hydrogen-bond donors (Lipinski definition) is 1. The van der Waals surface area contributed by atoms with Gasteiger partial charge in [0.25, 0.3) is 0 Å². The molecule has 3 heteroatoms. The van der Waals surface area contributed by atoms with Crippen LogP contribution in [0.3, 0.4) is 0 Å². The first-order chi connectivity index (χ1) is 10.6. The van der Waals surface area contributed by atoms with E-state index in [1.54, 1.807) is 0 Å². The lowest BCUT2D eigenvalue weighted by Crippen LogP contribution is -2.27. The Morgan fingerprint density at radius 1 is 1.05 bits per heavy atom. The normalized spacial score (nSPS) is 11.3. The molecule has 0 heterocycles. The zero-order valence-electron chi connectivity index (χ0n) is 13.5. The molecule has 2 aromatic carbocycles. The first kappa shape index (κ1) is 16.7. The highest BCUT2D eigenvalue weighted by molar-refractivity contribution is 7.36. The van der Waals surface area contributed by atoms with E-state index in [1.165, 1.54) is 16.7 Å². The summed E-state index contributed by atoms with van der Waals surface area (Å²) in [6.07, 6.45) is 1.15. The molecule has 1 amide bonds. The monoisotopic (exact) mass is 313 g/mol. The molecule has 0 saturated heterocycles. The molecule has 1 unspecified atom stereocenters. The lowest BCUT2D eigenvalue weighted by molar-refractivity contribution is -0.124. The van der Waals surface area contributed by atoms with Gasteiger partial charge in [0, 0.05) is 12.5 Å². The molecular weight excluding hydrogens is 289 g/mol. The van der Waals surface area contributed by atoms with Crippen molar-refractivity contribution < 1.29 is 4.79 Å². The maximum absolute atomic E-state index is 11.7. The molecule has 0 aromatic heterocycles. The molecule has 2 rings (SSSR count). The third-order valence-corrected chi connectivity index (χ3v) is 4.35. The van der Waals surface area contributed by atoms with E-state index in [0.29, 0.717) is 6.54 Å². The van der Waals surface area contributed by atoms with Crippen molar-refractivity contribution >= 4 is 14.5 Å². The van der Waals surface area contributed by atoms with Crippen LogP contribution in [0.2, 0.25) is 0 Å². The summed E-state index contributed by atoms with van der Waals surface area (Å²) in [6, 6.07) is 17.1. The molecule has 2 aromatic rings. The van der Waals surface area contributed by atoms with E-state index in [1.807, 2.05) is 19.9 Å². The highest BCUT2D eigenvalue weighted by Gasteiger charge is 2.06. The number of carbonyl (C=O) groups excluding carboxylic acids is 1. The van der Waals surface area contributed by atoms with E-state index in [-0.39, 0.29) is 11.8 Å². The largest absolute Gasteiger partial charge is 0.352 e. The first-order valence-electron chi connectivity index (χ1n) is 7.70. The van der Waals surface area contributed by atoms with Gasteiger partial charge in [-0.25, -0.2) is 0 Å². The Bertz CT molecular complexity index is 620. The van der Waals surface area contributed by atoms with Crippen molar-refractivity contribution in [2.75, 3.05) is 6.66 Å². The van der Waals surface area contributed by atoms with Crippen LogP contribution in [-0.2, 0) is 17.5 Å². The molecule has 1 N–H and O–H groups in total. The molecule has 1 atom stereocenters. The summed E-state index contributed by atoms with van der Waals surface area (Å²) in [5.74, 6) is 0.116. The van der Waals surface area contributed by atoms with E-state index in [9.17, 15) is 4.79 Å². The lowest BCUT2D eigenvalue weighted by atomic mass is 10.0. The van der Waals surface area contributed by atoms with Gasteiger partial charge < -0.3 is 5.32 Å². The topological polar surface area (TPSA) is 29.1 Å². The maximum atomic E-state index is 11.7. The van der Waals surface area contributed by atoms with E-state index in [2.05, 4.69) is 54.4 Å². The minimum Gasteiger partial charge on any atom is -0.352 e. The summed E-state index contributed by atoms with van der Waals surface area (Å²) < 4.78 is 0. The molecular formula is C19H24NOP. The van der Waals surface area contributed by atoms with Crippen molar-refractivity contribution in [3.05, 3.63) is 59.7 Å². The maximum Gasteiger partial charge on any atom is 0.222 e. The molecule has 0 saturated carbocycles. The van der Waals surface area contributed by atoms with Gasteiger partial charge >= 0.3 is 0 Å². The Labute approximate surface area is 135 Å². The summed E-state index contributed by atoms with van der Waals surface area (Å²) in [7, 11) is 0.951. The van der Waals surface area contributed by atoms with Crippen molar-refractivity contribution in [3.63, 3.8) is 0 Å². The van der Waals surface area contributed by atoms with Crippen LogP contribution in [0.4, 0.5) is 0 Å². The highest BCUT2D eigenvalue weighted by atomic mass is 31.1. The van der Waals surface area contributed by atoms with Gasteiger partial charge in [0.05, 0.1) is 0 Å². The van der Waals surface area contributed by atoms with Gasteiger partial charge in [0.15, 0.2) is 0 Å². The zero-order valence-corrected chi connectivity index (χ0v) is 14.5. The Morgan fingerprint density at radius 3 is 2.41 bits per heavy atom. The third-order valence-electron chi connectivity index (χ3n) is 3.59. The second kappa shape index (κ2) is 8.10. The number of carbonyl (C=O) groups is 1. The van der Waals surface area contributed by atoms with Gasteiger partial charge in [0.1, 0.15) is 0 Å². The average Bonchev–Trinajstić information content (AvgIpc) is 2.54. The second-order valence-corrected chi connectivity index (χ2v) is 6.86. The molecule has 0 radical (unpaired) electrons. The molecule has 0 fully saturated rings. The fourth-order valence-electron chi connectivity index (χ4n) is 2.27. The van der Waals surface area contributed by atoms with Crippen LogP contribution in [0.5, 0.6) is 0 Å². The SMILES string of the molecule is CPCc1ccc(-c2cccc(CNC(=O)C(C)C)c2)cc1. The van der Waals surface area contributed by atoms with Gasteiger partial charge in [0.2, 0.25) is 5.91 Å². The number of rotatable bonds is 6. The predicted molar refractivity (Wildman–Crippen MR) is 96.5 cm³/mol. The summed E-state index contributed by atoms with van der Waals surface area (Å²) in [5, 5.41) is 2.96. The Balaban J connectivity index is 2.09. The quantitative estimate of drug-likeness (QED) is 0.785. The Morgan fingerprint density at radius 2 is 1.77 bits per heavy atom. The second-order valence-electron chi connectivity index (χ2n) is 5.80. The van der Waals surface area contributed by atoms with Crippen LogP contribution in [0, 0.1) is 5.92 Å². The van der Waals surface area contributed by atoms with Crippen LogP contribution >= 0.6 is 8.58 Å². The molecule has 0 bridgehead atoms. The molecule has 0 aliphatic carbocycles. The van der Waals surface area contributed by atoms with Crippen LogP contribution in [0.15, 0.2) is 48.5 Å². The Kier molecular flexibility index (Phi) is 6.15. The minimum atomic E-state index is 0.0232. The number of nitrogens with one attached hydrogen (secondary N) is 1. The Hall–Kier alpha value is -1.66. The molecule has 0 aliphatic heterocycles. The van der Waals surface area contributed by atoms with Crippen LogP contribution in [-0.4, -0.2) is 12.6 Å². The van der Waals surface area contributed by atoms with E-state index in [0.717, 1.165) is 20.3 Å². The standard InChI is InChI=1S/C19H24NOP/c1-14(2)19(21)20-12-16-5-4-6-18(11-16)17-9-7-15(8-10-17)13-22-3/h4-11,14,22H,12-13H2,1-3H3,(H,20,21). The predicted octanol–water partition coefficient (Wildman–Crippen LogP) is 4.43. The van der Waals surface area contributed by atoms with E-state index in [4.69, 9.17) is 0 Å². The van der Waals surface area contributed by atoms with E-state index < -0.39 is 0 Å². The van der Waals surface area contributed by atoms with Gasteiger partial charge in [-0.2, -0.15) is 0 Å². The summed E-state index contributed by atoms with van der Waals surface area (Å²) in [6.45, 7) is 6.62. The molecule has 0 spiro atoms. The van der Waals surface area contributed by atoms with Crippen LogP contribution < -0.4 is 5.32 Å². The van der Waals surface area contributed by atoms with Crippen molar-refractivity contribution in [1.82, 2.24) is 5.32 Å². The minimum absolute atomic E-state index is 0.0232. The third kappa shape index (κ3) is 4.68. The van der Waals surface area contributed by atoms with Gasteiger partial charge in [-0.1, -0.05) is 56.3 Å². The fraction of sp³-hybridized carbons (Fsp3) is 0.316. The van der Waals surface area contributed by atoms with Crippen molar-refractivity contribution in [2.24, 2.45) is 5.92 Å². The molecule has 2 nitrogen and oxygen atoms in total. The summed E-state index contributed by atoms with van der Waals surface area (Å²) in [4.78, 5) is 11.7. The average molecular weight is 313 g/mol. The highest BCUT2D eigenvalue weighted by Crippen LogP contribution is 2.23. The first-order valence-corrected chi connectivity index (χ1v) is 9.41. The van der Waals surface area contributed by atoms with Crippen LogP contribution in [0.1, 0.15) is 25.0 Å². The number of amides is 1. The number of hydrogen-bond acceptors (Lipinski definition) is 1. The smallest absolute Gasteiger partial charge is 0.222 e. The zero-order chi connectivity index (χ0) is 15.9. The molecule has 116 valence electrons. The van der Waals surface area contributed by atoms with Gasteiger partial charge in [-0.15, -0.1) is 8.58 Å².